The summed E-state index contributed by atoms with van der Waals surface area (Å²) in [6.07, 6.45) is 0. The van der Waals surface area contributed by atoms with Crippen molar-refractivity contribution in [1.29, 1.82) is 0 Å². The van der Waals surface area contributed by atoms with Crippen LogP contribution >= 0.6 is 11.6 Å². The molecule has 2 aromatic rings. The molecule has 0 spiro atoms. The summed E-state index contributed by atoms with van der Waals surface area (Å²) in [6, 6.07) is 15.8. The Kier molecular flexibility index (Phi) is 4.53. The molecule has 2 rings (SSSR count). The Hall–Kier alpha value is -2.13. The Morgan fingerprint density at radius 3 is 2.30 bits per heavy atom. The summed E-state index contributed by atoms with van der Waals surface area (Å²) in [5.41, 5.74) is 1.70. The number of rotatable bonds is 4. The number of hydrogen-bond donors (Lipinski definition) is 1. The van der Waals surface area contributed by atoms with Gasteiger partial charge in [0.25, 0.3) is 0 Å². The maximum absolute atomic E-state index is 12.3. The maximum atomic E-state index is 12.3. The second kappa shape index (κ2) is 6.35. The maximum Gasteiger partial charge on any atom is 0.242 e. The van der Waals surface area contributed by atoms with Crippen LogP contribution in [-0.4, -0.2) is 17.1 Å². The van der Waals surface area contributed by atoms with E-state index in [1.165, 1.54) is 0 Å². The number of hydrogen-bond acceptors (Lipinski definition) is 2. The van der Waals surface area contributed by atoms with E-state index in [0.717, 1.165) is 0 Å². The van der Waals surface area contributed by atoms with Crippen LogP contribution < -0.4 is 5.32 Å². The molecule has 20 heavy (non-hydrogen) atoms. The molecule has 0 saturated carbocycles. The minimum absolute atomic E-state index is 0.0828. The molecule has 0 bridgehead atoms. The summed E-state index contributed by atoms with van der Waals surface area (Å²) in [4.78, 5) is 23.8. The van der Waals surface area contributed by atoms with Gasteiger partial charge in [0, 0.05) is 16.8 Å². The van der Waals surface area contributed by atoms with Crippen LogP contribution in [0.3, 0.4) is 0 Å². The molecule has 0 heterocycles. The molecule has 0 radical (unpaired) electrons. The van der Waals surface area contributed by atoms with E-state index in [-0.39, 0.29) is 11.7 Å². The van der Waals surface area contributed by atoms with Crippen molar-refractivity contribution >= 4 is 29.0 Å². The van der Waals surface area contributed by atoms with E-state index in [4.69, 9.17) is 11.6 Å². The predicted molar refractivity (Wildman–Crippen MR) is 80.3 cm³/mol. The van der Waals surface area contributed by atoms with Crippen LogP contribution in [0.25, 0.3) is 0 Å². The van der Waals surface area contributed by atoms with Gasteiger partial charge in [0.05, 0.1) is 0 Å². The second-order valence-electron chi connectivity index (χ2n) is 4.38. The Morgan fingerprint density at radius 2 is 1.65 bits per heavy atom. The van der Waals surface area contributed by atoms with Crippen molar-refractivity contribution in [2.75, 3.05) is 5.32 Å². The number of halogens is 1. The molecule has 0 fully saturated rings. The zero-order valence-electron chi connectivity index (χ0n) is 11.0. The van der Waals surface area contributed by atoms with E-state index in [2.05, 4.69) is 5.32 Å². The smallest absolute Gasteiger partial charge is 0.242 e. The van der Waals surface area contributed by atoms with Crippen LogP contribution in [0.15, 0.2) is 54.6 Å². The van der Waals surface area contributed by atoms with Crippen molar-refractivity contribution in [2.24, 2.45) is 0 Å². The molecule has 1 amide bonds. The fraction of sp³-hybridized carbons (Fsp3) is 0.125. The number of carbonyl (C=O) groups is 2. The van der Waals surface area contributed by atoms with Gasteiger partial charge in [-0.1, -0.05) is 42.5 Å². The Bertz CT molecular complexity index is 623. The summed E-state index contributed by atoms with van der Waals surface area (Å²) in [6.45, 7) is 1.59. The number of nitrogens with one attached hydrogen (secondary N) is 1. The van der Waals surface area contributed by atoms with Crippen molar-refractivity contribution in [3.8, 4) is 0 Å². The van der Waals surface area contributed by atoms with Crippen molar-refractivity contribution in [2.45, 2.75) is 12.3 Å². The third-order valence-electron chi connectivity index (χ3n) is 2.79. The average molecular weight is 288 g/mol. The summed E-state index contributed by atoms with van der Waals surface area (Å²) in [7, 11) is 0. The zero-order chi connectivity index (χ0) is 14.5. The second-order valence-corrected chi connectivity index (χ2v) is 5.04. The highest BCUT2D eigenvalue weighted by Crippen LogP contribution is 2.15. The van der Waals surface area contributed by atoms with Crippen molar-refractivity contribution in [1.82, 2.24) is 0 Å². The van der Waals surface area contributed by atoms with Gasteiger partial charge < -0.3 is 5.32 Å². The van der Waals surface area contributed by atoms with Gasteiger partial charge in [-0.05, 0) is 19.1 Å². The molecule has 0 aliphatic heterocycles. The van der Waals surface area contributed by atoms with E-state index >= 15 is 0 Å². The molecule has 0 saturated heterocycles. The quantitative estimate of drug-likeness (QED) is 0.691. The monoisotopic (exact) mass is 287 g/mol. The van der Waals surface area contributed by atoms with E-state index in [0.29, 0.717) is 16.8 Å². The van der Waals surface area contributed by atoms with Crippen LogP contribution in [0.4, 0.5) is 5.69 Å². The van der Waals surface area contributed by atoms with Gasteiger partial charge in [-0.2, -0.15) is 0 Å². The highest BCUT2D eigenvalue weighted by Gasteiger charge is 2.12. The van der Waals surface area contributed by atoms with E-state index < -0.39 is 5.38 Å². The van der Waals surface area contributed by atoms with Crippen molar-refractivity contribution in [3.05, 3.63) is 65.7 Å². The van der Waals surface area contributed by atoms with E-state index in [1.807, 2.05) is 18.2 Å². The molecule has 1 unspecified atom stereocenters. The lowest BCUT2D eigenvalue weighted by atomic mass is 10.0. The minimum atomic E-state index is -0.622. The lowest BCUT2D eigenvalue weighted by molar-refractivity contribution is -0.115. The molecule has 0 aliphatic rings. The lowest BCUT2D eigenvalue weighted by Crippen LogP contribution is -2.20. The first-order valence-electron chi connectivity index (χ1n) is 6.22. The first-order chi connectivity index (χ1) is 9.58. The third-order valence-corrected chi connectivity index (χ3v) is 2.99. The number of amides is 1. The molecular weight excluding hydrogens is 274 g/mol. The molecule has 1 N–H and O–H groups in total. The topological polar surface area (TPSA) is 46.2 Å². The van der Waals surface area contributed by atoms with E-state index in [9.17, 15) is 9.59 Å². The van der Waals surface area contributed by atoms with Gasteiger partial charge in [0.2, 0.25) is 5.91 Å². The zero-order valence-corrected chi connectivity index (χ0v) is 11.7. The fourth-order valence-corrected chi connectivity index (χ4v) is 1.79. The summed E-state index contributed by atoms with van der Waals surface area (Å²) in [5.74, 6) is -0.378. The summed E-state index contributed by atoms with van der Waals surface area (Å²) in [5, 5.41) is 2.04. The van der Waals surface area contributed by atoms with E-state index in [1.54, 1.807) is 43.3 Å². The molecule has 102 valence electrons. The molecule has 0 aliphatic carbocycles. The highest BCUT2D eigenvalue weighted by molar-refractivity contribution is 6.32. The van der Waals surface area contributed by atoms with Gasteiger partial charge in [-0.3, -0.25) is 9.59 Å². The number of carbonyl (C=O) groups excluding carboxylic acids is 2. The average Bonchev–Trinajstić information content (AvgIpc) is 2.47. The lowest BCUT2D eigenvalue weighted by Gasteiger charge is -2.08. The highest BCUT2D eigenvalue weighted by atomic mass is 35.5. The van der Waals surface area contributed by atoms with Gasteiger partial charge in [-0.15, -0.1) is 11.6 Å². The third kappa shape index (κ3) is 3.45. The molecule has 0 aromatic heterocycles. The Labute approximate surface area is 122 Å². The number of anilines is 1. The van der Waals surface area contributed by atoms with Crippen LogP contribution in [0.1, 0.15) is 22.8 Å². The molecule has 1 atom stereocenters. The number of ketones is 1. The first-order valence-corrected chi connectivity index (χ1v) is 6.66. The molecule has 3 nitrogen and oxygen atoms in total. The Morgan fingerprint density at radius 1 is 1.00 bits per heavy atom. The van der Waals surface area contributed by atoms with Crippen LogP contribution in [-0.2, 0) is 4.79 Å². The van der Waals surface area contributed by atoms with Crippen molar-refractivity contribution in [3.63, 3.8) is 0 Å². The predicted octanol–water partition coefficient (Wildman–Crippen LogP) is 3.48. The van der Waals surface area contributed by atoms with Gasteiger partial charge in [-0.25, -0.2) is 0 Å². The largest absolute Gasteiger partial charge is 0.325 e. The van der Waals surface area contributed by atoms with Crippen LogP contribution in [0.5, 0.6) is 0 Å². The van der Waals surface area contributed by atoms with Gasteiger partial charge in [0.15, 0.2) is 5.78 Å². The summed E-state index contributed by atoms with van der Waals surface area (Å²) >= 11 is 5.70. The van der Waals surface area contributed by atoms with Crippen LogP contribution in [0.2, 0.25) is 0 Å². The Balaban J connectivity index is 2.22. The minimum Gasteiger partial charge on any atom is -0.325 e. The van der Waals surface area contributed by atoms with Crippen LogP contribution in [0, 0.1) is 0 Å². The number of alkyl halides is 1. The molecular formula is C16H14ClNO2. The fourth-order valence-electron chi connectivity index (χ4n) is 1.74. The SMILES string of the molecule is CC(Cl)C(=O)Nc1cccc(C(=O)c2ccccc2)c1. The number of benzene rings is 2. The summed E-state index contributed by atoms with van der Waals surface area (Å²) < 4.78 is 0. The van der Waals surface area contributed by atoms with Crippen molar-refractivity contribution < 1.29 is 9.59 Å². The van der Waals surface area contributed by atoms with Gasteiger partial charge >= 0.3 is 0 Å². The molecule has 4 heteroatoms. The normalized spacial score (nSPS) is 11.7. The van der Waals surface area contributed by atoms with Gasteiger partial charge in [0.1, 0.15) is 5.38 Å². The molecule has 2 aromatic carbocycles. The standard InChI is InChI=1S/C16H14ClNO2/c1-11(17)16(20)18-14-9-5-8-13(10-14)15(19)12-6-3-2-4-7-12/h2-11H,1H3,(H,18,20). The first kappa shape index (κ1) is 14.3.